The Kier molecular flexibility index (Phi) is 5.41. The summed E-state index contributed by atoms with van der Waals surface area (Å²) in [5, 5.41) is 2.77. The van der Waals surface area contributed by atoms with Crippen molar-refractivity contribution in [1.82, 2.24) is 4.90 Å². The number of nitrogens with one attached hydrogen (secondary N) is 1. The minimum absolute atomic E-state index is 0.280. The molecule has 1 heterocycles. The van der Waals surface area contributed by atoms with Crippen molar-refractivity contribution in [2.24, 2.45) is 15.9 Å². The van der Waals surface area contributed by atoms with Crippen LogP contribution >= 0.6 is 0 Å². The highest BCUT2D eigenvalue weighted by Crippen LogP contribution is 2.22. The lowest BCUT2D eigenvalue weighted by Gasteiger charge is -2.31. The van der Waals surface area contributed by atoms with E-state index in [0.29, 0.717) is 23.8 Å². The normalized spacial score (nSPS) is 20.2. The average Bonchev–Trinajstić information content (AvgIpc) is 2.61. The second kappa shape index (κ2) is 7.91. The summed E-state index contributed by atoms with van der Waals surface area (Å²) in [5.74, 6) is 0.150. The van der Waals surface area contributed by atoms with Crippen LogP contribution in [0.4, 0.5) is 15.3 Å². The third-order valence-electron chi connectivity index (χ3n) is 4.23. The van der Waals surface area contributed by atoms with E-state index in [2.05, 4.69) is 15.3 Å². The van der Waals surface area contributed by atoms with Crippen LogP contribution in [-0.4, -0.2) is 35.1 Å². The Hall–Kier alpha value is -3.02. The molecule has 3 rings (SSSR count). The van der Waals surface area contributed by atoms with Crippen molar-refractivity contribution in [3.8, 4) is 0 Å². The van der Waals surface area contributed by atoms with Gasteiger partial charge in [0.1, 0.15) is 5.84 Å². The zero-order chi connectivity index (χ0) is 18.5. The number of amidine groups is 1. The highest BCUT2D eigenvalue weighted by Gasteiger charge is 2.34. The summed E-state index contributed by atoms with van der Waals surface area (Å²) in [7, 11) is 0. The van der Waals surface area contributed by atoms with Crippen molar-refractivity contribution in [3.63, 3.8) is 0 Å². The zero-order valence-electron chi connectivity index (χ0n) is 15.0. The van der Waals surface area contributed by atoms with Crippen molar-refractivity contribution in [1.29, 1.82) is 0 Å². The Labute approximate surface area is 153 Å². The van der Waals surface area contributed by atoms with Crippen LogP contribution in [0.1, 0.15) is 25.3 Å². The van der Waals surface area contributed by atoms with Crippen LogP contribution in [0, 0.1) is 12.8 Å². The van der Waals surface area contributed by atoms with Gasteiger partial charge >= 0.3 is 12.1 Å². The van der Waals surface area contributed by atoms with E-state index in [1.807, 2.05) is 56.3 Å². The first-order chi connectivity index (χ1) is 12.6. The number of fused-ring (bicyclic) bond motifs is 1. The van der Waals surface area contributed by atoms with Crippen molar-refractivity contribution in [3.05, 3.63) is 54.1 Å². The second-order valence-electron chi connectivity index (χ2n) is 6.32. The molecule has 0 bridgehead atoms. The fourth-order valence-electron chi connectivity index (χ4n) is 2.93. The SMILES string of the molecule is CCCCN1C(=O)N=C2C=CC=CC2/C1=N/C(=O)Nc1cccc(C)c1. The van der Waals surface area contributed by atoms with E-state index in [4.69, 9.17) is 0 Å². The van der Waals surface area contributed by atoms with Gasteiger partial charge in [0.05, 0.1) is 11.6 Å². The van der Waals surface area contributed by atoms with Crippen molar-refractivity contribution < 1.29 is 9.59 Å². The summed E-state index contributed by atoms with van der Waals surface area (Å²) in [5.41, 5.74) is 2.34. The summed E-state index contributed by atoms with van der Waals surface area (Å²) in [4.78, 5) is 34.8. The first-order valence-electron chi connectivity index (χ1n) is 8.79. The van der Waals surface area contributed by atoms with Crippen LogP contribution in [0.15, 0.2) is 58.6 Å². The molecule has 0 aromatic heterocycles. The lowest BCUT2D eigenvalue weighted by Crippen LogP contribution is -2.47. The zero-order valence-corrected chi connectivity index (χ0v) is 15.0. The number of urea groups is 2. The standard InChI is InChI=1S/C20H22N4O2/c1-3-4-12-24-18(16-10-5-6-11-17(16)22-20(24)26)23-19(25)21-15-9-7-8-14(2)13-15/h5-11,13,16H,3-4,12H2,1-2H3,(H,21,25)/b23-18-. The minimum atomic E-state index is -0.496. The quantitative estimate of drug-likeness (QED) is 0.877. The third kappa shape index (κ3) is 3.96. The monoisotopic (exact) mass is 350 g/mol. The molecule has 6 nitrogen and oxygen atoms in total. The Morgan fingerprint density at radius 1 is 1.35 bits per heavy atom. The van der Waals surface area contributed by atoms with Crippen molar-refractivity contribution in [2.75, 3.05) is 11.9 Å². The van der Waals surface area contributed by atoms with Gasteiger partial charge in [-0.25, -0.2) is 9.59 Å². The Morgan fingerprint density at radius 3 is 2.96 bits per heavy atom. The number of rotatable bonds is 4. The van der Waals surface area contributed by atoms with Crippen LogP contribution in [-0.2, 0) is 0 Å². The maximum atomic E-state index is 12.5. The summed E-state index contributed by atoms with van der Waals surface area (Å²) < 4.78 is 0. The van der Waals surface area contributed by atoms with E-state index in [1.54, 1.807) is 6.08 Å². The first kappa shape index (κ1) is 17.8. The fourth-order valence-corrected chi connectivity index (χ4v) is 2.93. The van der Waals surface area contributed by atoms with E-state index in [9.17, 15) is 9.59 Å². The van der Waals surface area contributed by atoms with Gasteiger partial charge in [0, 0.05) is 12.2 Å². The second-order valence-corrected chi connectivity index (χ2v) is 6.32. The van der Waals surface area contributed by atoms with Gasteiger partial charge in [-0.1, -0.05) is 43.7 Å². The average molecular weight is 350 g/mol. The molecule has 0 saturated carbocycles. The fraction of sp³-hybridized carbons (Fsp3) is 0.300. The lowest BCUT2D eigenvalue weighted by molar-refractivity contribution is 0.227. The molecule has 0 fully saturated rings. The summed E-state index contributed by atoms with van der Waals surface area (Å²) >= 11 is 0. The number of hydrogen-bond donors (Lipinski definition) is 1. The number of aliphatic imine (C=N–C) groups is 2. The van der Waals surface area contributed by atoms with Crippen LogP contribution in [0.5, 0.6) is 0 Å². The molecule has 0 radical (unpaired) electrons. The maximum absolute atomic E-state index is 12.5. The first-order valence-corrected chi connectivity index (χ1v) is 8.79. The number of carbonyl (C=O) groups is 2. The van der Waals surface area contributed by atoms with E-state index in [1.165, 1.54) is 4.90 Å². The highest BCUT2D eigenvalue weighted by atomic mass is 16.2. The van der Waals surface area contributed by atoms with Crippen molar-refractivity contribution >= 4 is 29.3 Å². The molecular formula is C20H22N4O2. The van der Waals surface area contributed by atoms with E-state index in [-0.39, 0.29) is 11.9 Å². The van der Waals surface area contributed by atoms with Crippen LogP contribution in [0.25, 0.3) is 0 Å². The minimum Gasteiger partial charge on any atom is -0.306 e. The summed E-state index contributed by atoms with van der Waals surface area (Å²) in [6, 6.07) is 6.64. The number of aryl methyl sites for hydroxylation is 1. The van der Waals surface area contributed by atoms with Gasteiger partial charge in [-0.2, -0.15) is 9.98 Å². The van der Waals surface area contributed by atoms with Gasteiger partial charge in [0.2, 0.25) is 0 Å². The molecule has 26 heavy (non-hydrogen) atoms. The number of anilines is 1. The molecule has 134 valence electrons. The Morgan fingerprint density at radius 2 is 2.19 bits per heavy atom. The lowest BCUT2D eigenvalue weighted by atomic mass is 9.94. The molecule has 4 amide bonds. The third-order valence-corrected chi connectivity index (χ3v) is 4.23. The van der Waals surface area contributed by atoms with Gasteiger partial charge in [-0.05, 0) is 37.1 Å². The predicted octanol–water partition coefficient (Wildman–Crippen LogP) is 4.34. The van der Waals surface area contributed by atoms with Gasteiger partial charge in [-0.15, -0.1) is 0 Å². The number of amides is 4. The van der Waals surface area contributed by atoms with Crippen LogP contribution in [0.2, 0.25) is 0 Å². The maximum Gasteiger partial charge on any atom is 0.349 e. The summed E-state index contributed by atoms with van der Waals surface area (Å²) in [6.07, 6.45) is 9.15. The molecule has 1 aromatic rings. The molecule has 0 spiro atoms. The number of carbonyl (C=O) groups excluding carboxylic acids is 2. The number of allylic oxidation sites excluding steroid dienone is 3. The number of hydrogen-bond acceptors (Lipinski definition) is 2. The molecule has 1 atom stereocenters. The molecule has 1 unspecified atom stereocenters. The largest absolute Gasteiger partial charge is 0.349 e. The molecule has 2 aliphatic rings. The molecule has 6 heteroatoms. The van der Waals surface area contributed by atoms with Crippen LogP contribution in [0.3, 0.4) is 0 Å². The van der Waals surface area contributed by atoms with Gasteiger partial charge in [0.15, 0.2) is 0 Å². The molecule has 1 aliphatic heterocycles. The van der Waals surface area contributed by atoms with E-state index in [0.717, 1.165) is 18.4 Å². The molecule has 1 aromatic carbocycles. The molecule has 1 N–H and O–H groups in total. The van der Waals surface area contributed by atoms with Crippen molar-refractivity contribution in [2.45, 2.75) is 26.7 Å². The number of benzene rings is 1. The highest BCUT2D eigenvalue weighted by molar-refractivity contribution is 6.24. The smallest absolute Gasteiger partial charge is 0.306 e. The molecular weight excluding hydrogens is 328 g/mol. The molecule has 0 saturated heterocycles. The van der Waals surface area contributed by atoms with Gasteiger partial charge in [-0.3, -0.25) is 4.90 Å². The predicted molar refractivity (Wildman–Crippen MR) is 104 cm³/mol. The number of nitrogens with zero attached hydrogens (tertiary/aromatic N) is 3. The topological polar surface area (TPSA) is 74.1 Å². The molecule has 1 aliphatic carbocycles. The number of unbranched alkanes of at least 4 members (excludes halogenated alkanes) is 1. The van der Waals surface area contributed by atoms with Crippen LogP contribution < -0.4 is 5.32 Å². The van der Waals surface area contributed by atoms with Gasteiger partial charge in [0.25, 0.3) is 0 Å². The van der Waals surface area contributed by atoms with E-state index < -0.39 is 6.03 Å². The summed E-state index contributed by atoms with van der Waals surface area (Å²) in [6.45, 7) is 4.50. The Bertz CT molecular complexity index is 836. The Balaban J connectivity index is 1.89. The van der Waals surface area contributed by atoms with Gasteiger partial charge < -0.3 is 5.32 Å². The van der Waals surface area contributed by atoms with E-state index >= 15 is 0 Å².